The molecule has 3 aromatic rings. The van der Waals surface area contributed by atoms with E-state index in [0.717, 1.165) is 21.2 Å². The Bertz CT molecular complexity index is 680. The normalized spacial score (nSPS) is 10.8. The maximum Gasteiger partial charge on any atom is 0.181 e. The van der Waals surface area contributed by atoms with Gasteiger partial charge in [-0.2, -0.15) is 0 Å². The van der Waals surface area contributed by atoms with E-state index in [4.69, 9.17) is 4.74 Å². The summed E-state index contributed by atoms with van der Waals surface area (Å²) in [5.41, 5.74) is 1.55. The second-order valence-electron chi connectivity index (χ2n) is 3.79. The lowest BCUT2D eigenvalue weighted by atomic mass is 10.3. The maximum absolute atomic E-state index is 5.42. The first-order valence-corrected chi connectivity index (χ1v) is 6.73. The third-order valence-electron chi connectivity index (χ3n) is 2.54. The monoisotopic (exact) mass is 272 g/mol. The Morgan fingerprint density at radius 2 is 2.00 bits per heavy atom. The highest BCUT2D eigenvalue weighted by molar-refractivity contribution is 7.99. The molecule has 5 nitrogen and oxygen atoms in total. The summed E-state index contributed by atoms with van der Waals surface area (Å²) in [6.45, 7) is 2.64. The van der Waals surface area contributed by atoms with Crippen molar-refractivity contribution in [1.82, 2.24) is 19.9 Å². The van der Waals surface area contributed by atoms with Crippen molar-refractivity contribution in [2.75, 3.05) is 6.61 Å². The third kappa shape index (κ3) is 2.53. The van der Waals surface area contributed by atoms with Crippen molar-refractivity contribution in [2.45, 2.75) is 16.8 Å². The van der Waals surface area contributed by atoms with E-state index in [0.29, 0.717) is 12.3 Å². The van der Waals surface area contributed by atoms with E-state index < -0.39 is 0 Å². The molecule has 0 aliphatic carbocycles. The Kier molecular flexibility index (Phi) is 3.33. The van der Waals surface area contributed by atoms with E-state index in [9.17, 15) is 0 Å². The SMILES string of the molecule is CCOc1ccc(Sc2ncnc3nc[nH]c23)cc1. The van der Waals surface area contributed by atoms with Crippen LogP contribution in [0, 0.1) is 0 Å². The van der Waals surface area contributed by atoms with Crippen molar-refractivity contribution >= 4 is 22.9 Å². The van der Waals surface area contributed by atoms with Gasteiger partial charge in [-0.1, -0.05) is 11.8 Å². The van der Waals surface area contributed by atoms with Crippen LogP contribution in [-0.4, -0.2) is 26.5 Å². The molecule has 0 spiro atoms. The minimum Gasteiger partial charge on any atom is -0.494 e. The van der Waals surface area contributed by atoms with Gasteiger partial charge in [0.2, 0.25) is 0 Å². The first kappa shape index (κ1) is 12.0. The van der Waals surface area contributed by atoms with Gasteiger partial charge < -0.3 is 9.72 Å². The zero-order chi connectivity index (χ0) is 13.1. The fraction of sp³-hybridized carbons (Fsp3) is 0.154. The zero-order valence-electron chi connectivity index (χ0n) is 10.3. The van der Waals surface area contributed by atoms with Crippen LogP contribution in [-0.2, 0) is 0 Å². The number of nitrogens with zero attached hydrogens (tertiary/aromatic N) is 3. The summed E-state index contributed by atoms with van der Waals surface area (Å²) in [6, 6.07) is 7.94. The molecule has 1 N–H and O–H groups in total. The van der Waals surface area contributed by atoms with Gasteiger partial charge in [-0.15, -0.1) is 0 Å². The molecule has 0 aliphatic rings. The standard InChI is InChI=1S/C13H12N4OS/c1-2-18-9-3-5-10(6-4-9)19-13-11-12(15-7-14-11)16-8-17-13/h3-8H,2H2,1H3,(H,14,15,16,17). The van der Waals surface area contributed by atoms with Crippen LogP contribution in [0.5, 0.6) is 5.75 Å². The predicted octanol–water partition coefficient (Wildman–Crippen LogP) is 2.90. The van der Waals surface area contributed by atoms with Gasteiger partial charge in [0.1, 0.15) is 22.6 Å². The predicted molar refractivity (Wildman–Crippen MR) is 73.4 cm³/mol. The summed E-state index contributed by atoms with van der Waals surface area (Å²) >= 11 is 1.57. The number of fused-ring (bicyclic) bond motifs is 1. The van der Waals surface area contributed by atoms with Crippen molar-refractivity contribution in [3.05, 3.63) is 36.9 Å². The quantitative estimate of drug-likeness (QED) is 0.740. The molecule has 0 fully saturated rings. The molecule has 6 heteroatoms. The molecule has 0 aliphatic heterocycles. The van der Waals surface area contributed by atoms with Gasteiger partial charge in [0.05, 0.1) is 12.9 Å². The summed E-state index contributed by atoms with van der Waals surface area (Å²) in [5, 5.41) is 0.867. The number of hydrogen-bond acceptors (Lipinski definition) is 5. The number of H-pyrrole nitrogens is 1. The second kappa shape index (κ2) is 5.27. The lowest BCUT2D eigenvalue weighted by molar-refractivity contribution is 0.340. The lowest BCUT2D eigenvalue weighted by Crippen LogP contribution is -1.90. The number of nitrogens with one attached hydrogen (secondary N) is 1. The largest absolute Gasteiger partial charge is 0.494 e. The van der Waals surface area contributed by atoms with Crippen LogP contribution in [0.4, 0.5) is 0 Å². The van der Waals surface area contributed by atoms with Crippen LogP contribution in [0.1, 0.15) is 6.92 Å². The summed E-state index contributed by atoms with van der Waals surface area (Å²) in [4.78, 5) is 16.7. The van der Waals surface area contributed by atoms with Crippen LogP contribution >= 0.6 is 11.8 Å². The fourth-order valence-electron chi connectivity index (χ4n) is 1.70. The van der Waals surface area contributed by atoms with Gasteiger partial charge in [-0.05, 0) is 31.2 Å². The molecular weight excluding hydrogens is 260 g/mol. The molecule has 0 saturated carbocycles. The summed E-state index contributed by atoms with van der Waals surface area (Å²) in [7, 11) is 0. The molecule has 0 amide bonds. The molecule has 0 atom stereocenters. The Morgan fingerprint density at radius 1 is 1.16 bits per heavy atom. The average Bonchev–Trinajstić information content (AvgIpc) is 2.91. The van der Waals surface area contributed by atoms with Gasteiger partial charge in [0.25, 0.3) is 0 Å². The Hall–Kier alpha value is -2.08. The van der Waals surface area contributed by atoms with Gasteiger partial charge in [-0.25, -0.2) is 15.0 Å². The van der Waals surface area contributed by atoms with E-state index in [-0.39, 0.29) is 0 Å². The van der Waals surface area contributed by atoms with E-state index in [2.05, 4.69) is 19.9 Å². The highest BCUT2D eigenvalue weighted by Gasteiger charge is 2.07. The van der Waals surface area contributed by atoms with Crippen LogP contribution in [0.15, 0.2) is 46.8 Å². The van der Waals surface area contributed by atoms with Gasteiger partial charge in [0.15, 0.2) is 5.65 Å². The minimum atomic E-state index is 0.674. The highest BCUT2D eigenvalue weighted by Crippen LogP contribution is 2.30. The number of aromatic amines is 1. The van der Waals surface area contributed by atoms with Gasteiger partial charge in [0, 0.05) is 4.90 Å². The molecule has 1 aromatic carbocycles. The Labute approximate surface area is 114 Å². The zero-order valence-corrected chi connectivity index (χ0v) is 11.1. The molecule has 0 bridgehead atoms. The number of aromatic nitrogens is 4. The van der Waals surface area contributed by atoms with Crippen LogP contribution in [0.2, 0.25) is 0 Å². The fourth-order valence-corrected chi connectivity index (χ4v) is 2.55. The molecule has 2 aromatic heterocycles. The number of imidazole rings is 1. The lowest BCUT2D eigenvalue weighted by Gasteiger charge is -2.04. The van der Waals surface area contributed by atoms with Crippen LogP contribution in [0.25, 0.3) is 11.2 Å². The van der Waals surface area contributed by atoms with E-state index in [1.54, 1.807) is 18.1 Å². The van der Waals surface area contributed by atoms with Gasteiger partial charge >= 0.3 is 0 Å². The summed E-state index contributed by atoms with van der Waals surface area (Å²) in [5.74, 6) is 0.876. The molecule has 3 rings (SSSR count). The van der Waals surface area contributed by atoms with Crippen LogP contribution < -0.4 is 4.74 Å². The summed E-state index contributed by atoms with van der Waals surface area (Å²) < 4.78 is 5.42. The smallest absolute Gasteiger partial charge is 0.181 e. The number of rotatable bonds is 4. The van der Waals surface area contributed by atoms with Crippen molar-refractivity contribution in [3.63, 3.8) is 0 Å². The van der Waals surface area contributed by atoms with Crippen molar-refractivity contribution in [2.24, 2.45) is 0 Å². The first-order chi connectivity index (χ1) is 9.36. The topological polar surface area (TPSA) is 63.7 Å². The number of ether oxygens (including phenoxy) is 1. The molecule has 0 unspecified atom stereocenters. The Balaban J connectivity index is 1.86. The molecular formula is C13H12N4OS. The molecule has 0 radical (unpaired) electrons. The molecule has 19 heavy (non-hydrogen) atoms. The molecule has 96 valence electrons. The maximum atomic E-state index is 5.42. The van der Waals surface area contributed by atoms with Crippen molar-refractivity contribution in [1.29, 1.82) is 0 Å². The van der Waals surface area contributed by atoms with E-state index in [1.807, 2.05) is 31.2 Å². The second-order valence-corrected chi connectivity index (χ2v) is 4.85. The van der Waals surface area contributed by atoms with Crippen molar-refractivity contribution in [3.8, 4) is 5.75 Å². The highest BCUT2D eigenvalue weighted by atomic mass is 32.2. The molecule has 2 heterocycles. The van der Waals surface area contributed by atoms with Crippen LogP contribution in [0.3, 0.4) is 0 Å². The number of benzene rings is 1. The number of hydrogen-bond donors (Lipinski definition) is 1. The Morgan fingerprint density at radius 3 is 2.79 bits per heavy atom. The van der Waals surface area contributed by atoms with E-state index >= 15 is 0 Å². The minimum absolute atomic E-state index is 0.674. The molecule has 0 saturated heterocycles. The third-order valence-corrected chi connectivity index (χ3v) is 3.55. The van der Waals surface area contributed by atoms with E-state index in [1.165, 1.54) is 6.33 Å². The first-order valence-electron chi connectivity index (χ1n) is 5.91. The van der Waals surface area contributed by atoms with Gasteiger partial charge in [-0.3, -0.25) is 0 Å². The average molecular weight is 272 g/mol. The summed E-state index contributed by atoms with van der Waals surface area (Å²) in [6.07, 6.45) is 3.15. The van der Waals surface area contributed by atoms with Crippen molar-refractivity contribution < 1.29 is 4.74 Å².